The van der Waals surface area contributed by atoms with Gasteiger partial charge < -0.3 is 19.9 Å². The number of imidazole rings is 1. The molecule has 1 amide bonds. The summed E-state index contributed by atoms with van der Waals surface area (Å²) in [6.07, 6.45) is 9.74. The molecule has 0 spiro atoms. The molecule has 0 aliphatic heterocycles. The molecule has 166 valence electrons. The molecule has 0 radical (unpaired) electrons. The lowest BCUT2D eigenvalue weighted by molar-refractivity contribution is 0.0931. The number of anilines is 1. The van der Waals surface area contributed by atoms with Crippen molar-refractivity contribution >= 4 is 17.4 Å². The molecule has 0 unspecified atom stereocenters. The van der Waals surface area contributed by atoms with E-state index in [0.29, 0.717) is 23.5 Å². The zero-order chi connectivity index (χ0) is 22.9. The van der Waals surface area contributed by atoms with E-state index in [2.05, 4.69) is 35.5 Å². The molecule has 1 atom stereocenters. The summed E-state index contributed by atoms with van der Waals surface area (Å²) in [4.78, 5) is 32.1. The topological polar surface area (TPSA) is 155 Å². The van der Waals surface area contributed by atoms with Crippen molar-refractivity contribution in [2.75, 3.05) is 5.73 Å². The Balaban J connectivity index is 1.55. The highest BCUT2D eigenvalue weighted by Crippen LogP contribution is 2.30. The lowest BCUT2D eigenvalue weighted by Crippen LogP contribution is -2.37. The van der Waals surface area contributed by atoms with Gasteiger partial charge in [0.1, 0.15) is 17.6 Å². The van der Waals surface area contributed by atoms with Crippen LogP contribution in [0.15, 0.2) is 53.8 Å². The summed E-state index contributed by atoms with van der Waals surface area (Å²) in [7, 11) is 0. The van der Waals surface area contributed by atoms with E-state index in [9.17, 15) is 4.79 Å². The predicted octanol–water partition coefficient (Wildman–Crippen LogP) is 1.75. The van der Waals surface area contributed by atoms with Gasteiger partial charge in [-0.25, -0.2) is 19.9 Å². The Kier molecular flexibility index (Phi) is 5.01. The number of aromatic nitrogens is 8. The van der Waals surface area contributed by atoms with Gasteiger partial charge in [-0.2, -0.15) is 15.0 Å². The first-order chi connectivity index (χ1) is 16.0. The second-order valence-corrected chi connectivity index (χ2v) is 7.50. The molecule has 5 heterocycles. The van der Waals surface area contributed by atoms with E-state index in [1.165, 1.54) is 17.3 Å². The predicted molar refractivity (Wildman–Crippen MR) is 118 cm³/mol. The molecular formula is C21H20N10O2. The monoisotopic (exact) mass is 444 g/mol. The van der Waals surface area contributed by atoms with Crippen molar-refractivity contribution in [1.29, 1.82) is 0 Å². The molecule has 12 nitrogen and oxygen atoms in total. The molecule has 0 aliphatic rings. The lowest BCUT2D eigenvalue weighted by Gasteiger charge is -2.15. The van der Waals surface area contributed by atoms with Crippen LogP contribution in [0.25, 0.3) is 28.5 Å². The van der Waals surface area contributed by atoms with Crippen LogP contribution >= 0.6 is 0 Å². The summed E-state index contributed by atoms with van der Waals surface area (Å²) in [6.45, 7) is 4.18. The molecule has 5 aromatic rings. The number of oxazole rings is 1. The largest absolute Gasteiger partial charge is 0.443 e. The highest BCUT2D eigenvalue weighted by Gasteiger charge is 2.23. The Morgan fingerprint density at radius 1 is 1.15 bits per heavy atom. The van der Waals surface area contributed by atoms with Crippen LogP contribution in [0.1, 0.15) is 23.1 Å². The third kappa shape index (κ3) is 3.89. The van der Waals surface area contributed by atoms with Gasteiger partial charge in [-0.1, -0.05) is 0 Å². The number of aryl methyl sites for hydroxylation is 1. The number of nitrogens with two attached hydrogens (primary N) is 1. The van der Waals surface area contributed by atoms with Gasteiger partial charge in [-0.3, -0.25) is 4.79 Å². The molecule has 0 bridgehead atoms. The van der Waals surface area contributed by atoms with Crippen LogP contribution in [0, 0.1) is 6.92 Å². The molecule has 33 heavy (non-hydrogen) atoms. The number of rotatable bonds is 6. The molecule has 0 saturated carbocycles. The fourth-order valence-electron chi connectivity index (χ4n) is 3.47. The van der Waals surface area contributed by atoms with Gasteiger partial charge >= 0.3 is 0 Å². The average molecular weight is 444 g/mol. The first-order valence-corrected chi connectivity index (χ1v) is 10.2. The van der Waals surface area contributed by atoms with Crippen LogP contribution in [0.2, 0.25) is 0 Å². The van der Waals surface area contributed by atoms with E-state index < -0.39 is 5.91 Å². The van der Waals surface area contributed by atoms with Crippen molar-refractivity contribution in [2.24, 2.45) is 0 Å². The maximum atomic E-state index is 13.0. The first kappa shape index (κ1) is 20.3. The van der Waals surface area contributed by atoms with Gasteiger partial charge in [-0.15, -0.1) is 0 Å². The highest BCUT2D eigenvalue weighted by molar-refractivity contribution is 5.97. The normalized spacial score (nSPS) is 12.2. The summed E-state index contributed by atoms with van der Waals surface area (Å²) in [5, 5.41) is 11.0. The van der Waals surface area contributed by atoms with Crippen molar-refractivity contribution < 1.29 is 9.21 Å². The molecule has 0 fully saturated rings. The van der Waals surface area contributed by atoms with E-state index in [-0.39, 0.29) is 23.4 Å². The van der Waals surface area contributed by atoms with Gasteiger partial charge in [0.25, 0.3) is 5.91 Å². The summed E-state index contributed by atoms with van der Waals surface area (Å²) in [6, 6.07) is 3.44. The summed E-state index contributed by atoms with van der Waals surface area (Å²) < 4.78 is 7.37. The number of nitrogen functional groups attached to an aromatic ring is 1. The van der Waals surface area contributed by atoms with Crippen LogP contribution in [0.5, 0.6) is 0 Å². The number of nitrogens with zero attached hydrogens (tertiary/aromatic N) is 8. The van der Waals surface area contributed by atoms with Gasteiger partial charge in [0, 0.05) is 29.7 Å². The fourth-order valence-corrected chi connectivity index (χ4v) is 3.47. The number of hydrogen-bond donors (Lipinski definition) is 2. The Morgan fingerprint density at radius 2 is 1.97 bits per heavy atom. The standard InChI is InChI=1S/C21H20N10O2/c1-12(10-31-25-5-6-26-31)27-20(32)18-19(22)29-17(21-23-7-8-33-21)16(28-18)14-3-4-15-24-9-13(2)30(15)11-14/h3-9,11-12H,10H2,1-2H3,(H2,22,29)(H,27,32)/t12-/m0/s1. The molecule has 3 N–H and O–H groups in total. The van der Waals surface area contributed by atoms with Crippen molar-refractivity contribution in [1.82, 2.24) is 44.6 Å². The van der Waals surface area contributed by atoms with Crippen LogP contribution in [0.3, 0.4) is 0 Å². The number of hydrogen-bond acceptors (Lipinski definition) is 9. The number of carbonyl (C=O) groups excluding carboxylic acids is 1. The second kappa shape index (κ2) is 8.15. The fraction of sp³-hybridized carbons (Fsp3) is 0.190. The molecule has 12 heteroatoms. The highest BCUT2D eigenvalue weighted by atomic mass is 16.3. The zero-order valence-corrected chi connectivity index (χ0v) is 17.9. The number of fused-ring (bicyclic) bond motifs is 1. The summed E-state index contributed by atoms with van der Waals surface area (Å²) in [5.41, 5.74) is 9.32. The molecular weight excluding hydrogens is 424 g/mol. The summed E-state index contributed by atoms with van der Waals surface area (Å²) >= 11 is 0. The van der Waals surface area contributed by atoms with E-state index >= 15 is 0 Å². The quantitative estimate of drug-likeness (QED) is 0.398. The average Bonchev–Trinajstić information content (AvgIpc) is 3.56. The second-order valence-electron chi connectivity index (χ2n) is 7.50. The SMILES string of the molecule is Cc1cnc2ccc(-c3nc(C(=O)N[C@@H](C)Cn4nccn4)c(N)nc3-c3ncco3)cn12. The molecule has 0 saturated heterocycles. The summed E-state index contributed by atoms with van der Waals surface area (Å²) in [5.74, 6) is -0.245. The van der Waals surface area contributed by atoms with E-state index in [4.69, 9.17) is 10.2 Å². The van der Waals surface area contributed by atoms with E-state index in [0.717, 1.165) is 11.3 Å². The molecule has 0 aromatic carbocycles. The Labute approximate surface area is 187 Å². The number of pyridine rings is 1. The Hall–Kier alpha value is -4.61. The first-order valence-electron chi connectivity index (χ1n) is 10.2. The van der Waals surface area contributed by atoms with Gasteiger partial charge in [0.2, 0.25) is 5.89 Å². The Bertz CT molecular complexity index is 1420. The van der Waals surface area contributed by atoms with Crippen molar-refractivity contribution in [2.45, 2.75) is 26.4 Å². The van der Waals surface area contributed by atoms with E-state index in [1.54, 1.807) is 18.6 Å². The van der Waals surface area contributed by atoms with Gasteiger partial charge in [0.05, 0.1) is 25.1 Å². The smallest absolute Gasteiger partial charge is 0.274 e. The van der Waals surface area contributed by atoms with E-state index in [1.807, 2.05) is 36.6 Å². The minimum Gasteiger partial charge on any atom is -0.443 e. The van der Waals surface area contributed by atoms with Gasteiger partial charge in [-0.05, 0) is 26.0 Å². The van der Waals surface area contributed by atoms with Crippen molar-refractivity contribution in [3.63, 3.8) is 0 Å². The zero-order valence-electron chi connectivity index (χ0n) is 17.9. The van der Waals surface area contributed by atoms with Gasteiger partial charge in [0.15, 0.2) is 17.2 Å². The van der Waals surface area contributed by atoms with Crippen LogP contribution in [-0.2, 0) is 6.54 Å². The molecule has 5 aromatic heterocycles. The minimum absolute atomic E-state index is 0.00281. The van der Waals surface area contributed by atoms with Crippen LogP contribution < -0.4 is 11.1 Å². The van der Waals surface area contributed by atoms with Crippen molar-refractivity contribution in [3.8, 4) is 22.8 Å². The van der Waals surface area contributed by atoms with Crippen LogP contribution in [0.4, 0.5) is 5.82 Å². The number of nitrogens with one attached hydrogen (secondary N) is 1. The maximum Gasteiger partial charge on any atom is 0.274 e. The third-order valence-electron chi connectivity index (χ3n) is 5.02. The lowest BCUT2D eigenvalue weighted by atomic mass is 10.1. The van der Waals surface area contributed by atoms with Crippen molar-refractivity contribution in [3.05, 3.63) is 60.8 Å². The van der Waals surface area contributed by atoms with Crippen LogP contribution in [-0.4, -0.2) is 51.3 Å². The maximum absolute atomic E-state index is 13.0. The molecule has 0 aliphatic carbocycles. The third-order valence-corrected chi connectivity index (χ3v) is 5.02. The minimum atomic E-state index is -0.459. The number of carbonyl (C=O) groups is 1. The molecule has 5 rings (SSSR count). The Morgan fingerprint density at radius 3 is 2.73 bits per heavy atom. The number of amides is 1.